The summed E-state index contributed by atoms with van der Waals surface area (Å²) in [4.78, 5) is 2.06. The summed E-state index contributed by atoms with van der Waals surface area (Å²) in [7, 11) is 0. The molecule has 5 heteroatoms. The van der Waals surface area contributed by atoms with E-state index in [2.05, 4.69) is 15.9 Å². The maximum Gasteiger partial charge on any atom is 0.132 e. The van der Waals surface area contributed by atoms with E-state index in [9.17, 15) is 8.78 Å². The van der Waals surface area contributed by atoms with Crippen LogP contribution in [0.3, 0.4) is 0 Å². The van der Waals surface area contributed by atoms with E-state index in [4.69, 9.17) is 11.6 Å². The number of rotatable bonds is 2. The fraction of sp³-hybridized carbons (Fsp3) is 0.231. The molecule has 0 fully saturated rings. The van der Waals surface area contributed by atoms with Crippen LogP contribution in [0.2, 0.25) is 0 Å². The maximum atomic E-state index is 13.8. The quantitative estimate of drug-likeness (QED) is 0.606. The first-order valence-electron chi connectivity index (χ1n) is 5.25. The molecule has 2 rings (SSSR count). The monoisotopic (exact) mass is 350 g/mol. The number of hydrogen-bond acceptors (Lipinski definition) is 1. The molecule has 0 saturated heterocycles. The van der Waals surface area contributed by atoms with Crippen LogP contribution in [0.25, 0.3) is 0 Å². The molecule has 0 saturated carbocycles. The van der Waals surface area contributed by atoms with E-state index in [1.165, 1.54) is 12.1 Å². The van der Waals surface area contributed by atoms with Gasteiger partial charge in [-0.15, -0.1) is 22.9 Å². The average Bonchev–Trinajstić information content (AvgIpc) is 2.56. The molecule has 0 aliphatic carbocycles. The SMILES string of the molecule is Cc1cc(C(Cl)c2c(F)cc(Br)cc2F)c(C)s1. The van der Waals surface area contributed by atoms with Gasteiger partial charge in [-0.2, -0.15) is 0 Å². The first-order chi connectivity index (χ1) is 8.40. The fourth-order valence-corrected chi connectivity index (χ4v) is 3.72. The van der Waals surface area contributed by atoms with E-state index >= 15 is 0 Å². The van der Waals surface area contributed by atoms with Crippen LogP contribution in [-0.4, -0.2) is 0 Å². The molecule has 2 aromatic rings. The fourth-order valence-electron chi connectivity index (χ4n) is 1.85. The van der Waals surface area contributed by atoms with E-state index in [0.717, 1.165) is 15.3 Å². The lowest BCUT2D eigenvalue weighted by molar-refractivity contribution is 0.557. The van der Waals surface area contributed by atoms with Crippen LogP contribution in [0.15, 0.2) is 22.7 Å². The Bertz CT molecular complexity index is 572. The van der Waals surface area contributed by atoms with E-state index < -0.39 is 17.0 Å². The minimum absolute atomic E-state index is 0.0965. The summed E-state index contributed by atoms with van der Waals surface area (Å²) in [5.74, 6) is -1.27. The highest BCUT2D eigenvalue weighted by Gasteiger charge is 2.23. The molecule has 1 aromatic carbocycles. The van der Waals surface area contributed by atoms with E-state index in [1.807, 2.05) is 19.9 Å². The number of hydrogen-bond donors (Lipinski definition) is 0. The molecule has 0 spiro atoms. The van der Waals surface area contributed by atoms with Crippen molar-refractivity contribution in [1.29, 1.82) is 0 Å². The predicted octanol–water partition coefficient (Wildman–Crippen LogP) is 5.73. The highest BCUT2D eigenvalue weighted by Crippen LogP contribution is 2.38. The Kier molecular flexibility index (Phi) is 4.09. The molecule has 18 heavy (non-hydrogen) atoms. The second-order valence-electron chi connectivity index (χ2n) is 4.01. The molecule has 1 atom stereocenters. The van der Waals surface area contributed by atoms with Gasteiger partial charge in [-0.3, -0.25) is 0 Å². The second kappa shape index (κ2) is 5.27. The van der Waals surface area contributed by atoms with Gasteiger partial charge in [0.05, 0.1) is 5.38 Å². The van der Waals surface area contributed by atoms with Gasteiger partial charge < -0.3 is 0 Å². The molecule has 96 valence electrons. The number of halogens is 4. The van der Waals surface area contributed by atoms with Crippen molar-refractivity contribution in [2.75, 3.05) is 0 Å². The highest BCUT2D eigenvalue weighted by molar-refractivity contribution is 9.10. The number of benzene rings is 1. The lowest BCUT2D eigenvalue weighted by atomic mass is 10.0. The number of aryl methyl sites for hydroxylation is 2. The van der Waals surface area contributed by atoms with E-state index in [-0.39, 0.29) is 5.56 Å². The zero-order valence-electron chi connectivity index (χ0n) is 9.73. The minimum atomic E-state index is -0.803. The van der Waals surface area contributed by atoms with Gasteiger partial charge >= 0.3 is 0 Å². The van der Waals surface area contributed by atoms with Crippen LogP contribution in [-0.2, 0) is 0 Å². The molecule has 0 bridgehead atoms. The largest absolute Gasteiger partial charge is 0.206 e. The normalized spacial score (nSPS) is 12.8. The molecule has 0 aliphatic heterocycles. The van der Waals surface area contributed by atoms with Gasteiger partial charge in [-0.25, -0.2) is 8.78 Å². The molecule has 1 unspecified atom stereocenters. The van der Waals surface area contributed by atoms with Gasteiger partial charge in [-0.1, -0.05) is 15.9 Å². The smallest absolute Gasteiger partial charge is 0.132 e. The molecule has 1 aromatic heterocycles. The summed E-state index contributed by atoms with van der Waals surface area (Å²) in [6, 6.07) is 4.32. The highest BCUT2D eigenvalue weighted by atomic mass is 79.9. The van der Waals surface area contributed by atoms with Crippen LogP contribution in [0, 0.1) is 25.5 Å². The van der Waals surface area contributed by atoms with E-state index in [0.29, 0.717) is 4.47 Å². The van der Waals surface area contributed by atoms with Crippen molar-refractivity contribution in [2.24, 2.45) is 0 Å². The standard InChI is InChI=1S/C13H10BrClF2S/c1-6-3-9(7(2)18-6)13(15)12-10(16)4-8(14)5-11(12)17/h3-5,13H,1-2H3. The summed E-state index contributed by atoms with van der Waals surface area (Å²) < 4.78 is 28.0. The molecule has 0 radical (unpaired) electrons. The molecular formula is C13H10BrClF2S. The molecule has 1 heterocycles. The van der Waals surface area contributed by atoms with Crippen molar-refractivity contribution in [2.45, 2.75) is 19.2 Å². The first kappa shape index (κ1) is 14.0. The van der Waals surface area contributed by atoms with Crippen molar-refractivity contribution < 1.29 is 8.78 Å². The Morgan fingerprint density at radius 3 is 2.17 bits per heavy atom. The van der Waals surface area contributed by atoms with E-state index in [1.54, 1.807) is 11.3 Å². The Morgan fingerprint density at radius 1 is 1.17 bits per heavy atom. The minimum Gasteiger partial charge on any atom is -0.206 e. The van der Waals surface area contributed by atoms with Crippen LogP contribution >= 0.6 is 38.9 Å². The van der Waals surface area contributed by atoms with Gasteiger partial charge in [0.2, 0.25) is 0 Å². The zero-order valence-corrected chi connectivity index (χ0v) is 12.9. The van der Waals surface area contributed by atoms with Crippen LogP contribution < -0.4 is 0 Å². The van der Waals surface area contributed by atoms with Gasteiger partial charge in [0, 0.05) is 19.8 Å². The zero-order chi connectivity index (χ0) is 13.4. The number of alkyl halides is 1. The molecule has 0 aliphatic rings. The summed E-state index contributed by atoms with van der Waals surface area (Å²) in [5.41, 5.74) is 0.667. The van der Waals surface area contributed by atoms with Crippen LogP contribution in [0.1, 0.15) is 26.3 Å². The first-order valence-corrected chi connectivity index (χ1v) is 7.30. The summed E-state index contributed by atoms with van der Waals surface area (Å²) >= 11 is 10.8. The lowest BCUT2D eigenvalue weighted by Crippen LogP contribution is -2.01. The Hall–Kier alpha value is -0.450. The van der Waals surface area contributed by atoms with Crippen molar-refractivity contribution in [1.82, 2.24) is 0 Å². The third-order valence-corrected chi connectivity index (χ3v) is 4.54. The predicted molar refractivity (Wildman–Crippen MR) is 75.5 cm³/mol. The van der Waals surface area contributed by atoms with Gasteiger partial charge in [0.15, 0.2) is 0 Å². The number of thiophene rings is 1. The van der Waals surface area contributed by atoms with Crippen molar-refractivity contribution >= 4 is 38.9 Å². The van der Waals surface area contributed by atoms with Gasteiger partial charge in [-0.05, 0) is 37.6 Å². The average molecular weight is 352 g/mol. The third-order valence-electron chi connectivity index (χ3n) is 2.65. The molecule has 0 nitrogen and oxygen atoms in total. The Morgan fingerprint density at radius 2 is 1.72 bits per heavy atom. The molecule has 0 N–H and O–H groups in total. The second-order valence-corrected chi connectivity index (χ2v) is 6.83. The summed E-state index contributed by atoms with van der Waals surface area (Å²) in [6.07, 6.45) is 0. The topological polar surface area (TPSA) is 0 Å². The van der Waals surface area contributed by atoms with Crippen molar-refractivity contribution in [3.8, 4) is 0 Å². The van der Waals surface area contributed by atoms with Crippen molar-refractivity contribution in [3.05, 3.63) is 55.2 Å². The lowest BCUT2D eigenvalue weighted by Gasteiger charge is -2.12. The molecular weight excluding hydrogens is 342 g/mol. The molecule has 0 amide bonds. The van der Waals surface area contributed by atoms with Crippen molar-refractivity contribution in [3.63, 3.8) is 0 Å². The van der Waals surface area contributed by atoms with Crippen LogP contribution in [0.5, 0.6) is 0 Å². The van der Waals surface area contributed by atoms with Gasteiger partial charge in [0.1, 0.15) is 11.6 Å². The maximum absolute atomic E-state index is 13.8. The Balaban J connectivity index is 2.52. The van der Waals surface area contributed by atoms with Crippen LogP contribution in [0.4, 0.5) is 8.78 Å². The van der Waals surface area contributed by atoms with Gasteiger partial charge in [0.25, 0.3) is 0 Å². The summed E-state index contributed by atoms with van der Waals surface area (Å²) in [6.45, 7) is 3.84. The Labute approximate surface area is 122 Å². The summed E-state index contributed by atoms with van der Waals surface area (Å²) in [5, 5.41) is -0.803. The third kappa shape index (κ3) is 2.60.